The summed E-state index contributed by atoms with van der Waals surface area (Å²) >= 11 is 0. The molecule has 0 spiro atoms. The third kappa shape index (κ3) is 2.99. The lowest BCUT2D eigenvalue weighted by Gasteiger charge is -2.22. The van der Waals surface area contributed by atoms with E-state index in [0.717, 1.165) is 41.9 Å². The number of hydrogen-bond acceptors (Lipinski definition) is 4. The average molecular weight is 363 g/mol. The molecule has 1 aromatic heterocycles. The second-order valence-electron chi connectivity index (χ2n) is 7.85. The van der Waals surface area contributed by atoms with Crippen LogP contribution in [0.2, 0.25) is 0 Å². The van der Waals surface area contributed by atoms with Gasteiger partial charge in [-0.05, 0) is 69.4 Å². The number of hydrogen-bond donors (Lipinski definition) is 1. The predicted molar refractivity (Wildman–Crippen MR) is 103 cm³/mol. The molecular formula is C22H25N3O2. The highest BCUT2D eigenvalue weighted by atomic mass is 16.3. The van der Waals surface area contributed by atoms with Gasteiger partial charge in [0, 0.05) is 41.3 Å². The number of nitrogens with zero attached hydrogens (tertiary/aromatic N) is 3. The second-order valence-corrected chi connectivity index (χ2v) is 7.85. The van der Waals surface area contributed by atoms with Crippen LogP contribution in [0.5, 0.6) is 0 Å². The average Bonchev–Trinajstić information content (AvgIpc) is 3.32. The molecule has 2 fully saturated rings. The van der Waals surface area contributed by atoms with Crippen LogP contribution in [-0.2, 0) is 0 Å². The second kappa shape index (κ2) is 6.95. The summed E-state index contributed by atoms with van der Waals surface area (Å²) in [6.07, 6.45) is 3.24. The highest BCUT2D eigenvalue weighted by Crippen LogP contribution is 2.41. The Bertz CT molecular complexity index is 907. The van der Waals surface area contributed by atoms with Gasteiger partial charge in [0.05, 0.1) is 18.2 Å². The first kappa shape index (κ1) is 18.0. The van der Waals surface area contributed by atoms with Crippen LogP contribution in [0.4, 0.5) is 0 Å². The van der Waals surface area contributed by atoms with E-state index in [9.17, 15) is 9.90 Å². The van der Waals surface area contributed by atoms with Crippen molar-refractivity contribution >= 4 is 5.78 Å². The lowest BCUT2D eigenvalue weighted by Crippen LogP contribution is -2.36. The number of benzene rings is 1. The summed E-state index contributed by atoms with van der Waals surface area (Å²) in [7, 11) is 0. The number of aliphatic hydroxyl groups is 1. The number of carbonyl (C=O) groups excluding carboxylic acids is 1. The first-order chi connectivity index (χ1) is 13.0. The Morgan fingerprint density at radius 1 is 1.26 bits per heavy atom. The van der Waals surface area contributed by atoms with Crippen LogP contribution in [-0.4, -0.2) is 45.6 Å². The van der Waals surface area contributed by atoms with Crippen molar-refractivity contribution in [2.45, 2.75) is 45.2 Å². The van der Waals surface area contributed by atoms with Gasteiger partial charge in [-0.15, -0.1) is 0 Å². The summed E-state index contributed by atoms with van der Waals surface area (Å²) in [6, 6.07) is 12.3. The number of aromatic nitrogens is 1. The van der Waals surface area contributed by atoms with Crippen molar-refractivity contribution in [3.05, 3.63) is 52.8 Å². The number of carbonyl (C=O) groups is 1. The fraction of sp³-hybridized carbons (Fsp3) is 0.455. The van der Waals surface area contributed by atoms with Gasteiger partial charge in [0.1, 0.15) is 0 Å². The normalized spacial score (nSPS) is 24.3. The first-order valence-electron chi connectivity index (χ1n) is 9.62. The largest absolute Gasteiger partial charge is 0.396 e. The lowest BCUT2D eigenvalue weighted by atomic mass is 9.90. The summed E-state index contributed by atoms with van der Waals surface area (Å²) in [5, 5.41) is 18.6. The smallest absolute Gasteiger partial charge is 0.178 e. The van der Waals surface area contributed by atoms with E-state index in [1.165, 1.54) is 0 Å². The van der Waals surface area contributed by atoms with Gasteiger partial charge in [-0.3, -0.25) is 9.69 Å². The van der Waals surface area contributed by atoms with E-state index >= 15 is 0 Å². The van der Waals surface area contributed by atoms with Gasteiger partial charge in [0.15, 0.2) is 5.78 Å². The van der Waals surface area contributed by atoms with Crippen molar-refractivity contribution < 1.29 is 9.90 Å². The molecule has 2 aliphatic heterocycles. The van der Waals surface area contributed by atoms with Gasteiger partial charge >= 0.3 is 0 Å². The monoisotopic (exact) mass is 363 g/mol. The molecule has 2 aromatic rings. The number of nitriles is 1. The molecule has 1 aromatic carbocycles. The van der Waals surface area contributed by atoms with E-state index in [1.807, 2.05) is 32.0 Å². The van der Waals surface area contributed by atoms with Crippen LogP contribution in [0.3, 0.4) is 0 Å². The topological polar surface area (TPSA) is 69.3 Å². The molecule has 140 valence electrons. The highest BCUT2D eigenvalue weighted by molar-refractivity contribution is 5.99. The number of ketones is 1. The maximum atomic E-state index is 13.1. The summed E-state index contributed by atoms with van der Waals surface area (Å²) in [5.74, 6) is 0.473. The molecule has 0 saturated carbocycles. The number of aliphatic hydroxyl groups excluding tert-OH is 1. The van der Waals surface area contributed by atoms with E-state index < -0.39 is 0 Å². The molecule has 2 unspecified atom stereocenters. The Hall–Kier alpha value is -2.42. The summed E-state index contributed by atoms with van der Waals surface area (Å²) in [6.45, 7) is 4.64. The van der Waals surface area contributed by atoms with Crippen LogP contribution < -0.4 is 0 Å². The fourth-order valence-corrected chi connectivity index (χ4v) is 5.05. The molecule has 5 heteroatoms. The maximum Gasteiger partial charge on any atom is 0.178 e. The van der Waals surface area contributed by atoms with Gasteiger partial charge in [-0.25, -0.2) is 0 Å². The van der Waals surface area contributed by atoms with Gasteiger partial charge in [-0.1, -0.05) is 0 Å². The minimum absolute atomic E-state index is 0.151. The van der Waals surface area contributed by atoms with Crippen molar-refractivity contribution in [2.75, 3.05) is 13.2 Å². The van der Waals surface area contributed by atoms with Gasteiger partial charge in [-0.2, -0.15) is 5.26 Å². The van der Waals surface area contributed by atoms with Crippen molar-refractivity contribution in [3.8, 4) is 11.8 Å². The zero-order valence-electron chi connectivity index (χ0n) is 15.9. The van der Waals surface area contributed by atoms with Crippen molar-refractivity contribution in [1.29, 1.82) is 5.26 Å². The minimum Gasteiger partial charge on any atom is -0.396 e. The first-order valence-corrected chi connectivity index (χ1v) is 9.62. The minimum atomic E-state index is 0.151. The zero-order valence-corrected chi connectivity index (χ0v) is 15.9. The van der Waals surface area contributed by atoms with Crippen LogP contribution in [0.15, 0.2) is 30.3 Å². The molecule has 27 heavy (non-hydrogen) atoms. The van der Waals surface area contributed by atoms with E-state index in [0.29, 0.717) is 30.1 Å². The molecule has 2 bridgehead atoms. The molecule has 0 aliphatic carbocycles. The molecule has 3 heterocycles. The standard InChI is InChI=1S/C22H25N3O2/c1-14-9-20(15(2)25(14)18-5-3-16(11-23)4-6-18)22(27)12-24-19-7-8-21(24)17(10-19)13-26/h3-6,9,17,19,21,26H,7-8,10,12-13H2,1-2H3/t17-,19?,21?/m0/s1. The maximum absolute atomic E-state index is 13.1. The van der Waals surface area contributed by atoms with Gasteiger partial charge in [0.25, 0.3) is 0 Å². The third-order valence-electron chi connectivity index (χ3n) is 6.36. The number of rotatable bonds is 5. The Balaban J connectivity index is 1.58. The molecular weight excluding hydrogens is 338 g/mol. The number of fused-ring (bicyclic) bond motifs is 2. The molecule has 1 N–H and O–H groups in total. The van der Waals surface area contributed by atoms with E-state index in [1.54, 1.807) is 12.1 Å². The fourth-order valence-electron chi connectivity index (χ4n) is 5.05. The summed E-state index contributed by atoms with van der Waals surface area (Å²) < 4.78 is 2.07. The molecule has 4 rings (SSSR count). The van der Waals surface area contributed by atoms with E-state index in [-0.39, 0.29) is 12.4 Å². The van der Waals surface area contributed by atoms with Crippen molar-refractivity contribution in [3.63, 3.8) is 0 Å². The molecule has 3 atom stereocenters. The van der Waals surface area contributed by atoms with Crippen LogP contribution in [0.1, 0.15) is 46.6 Å². The van der Waals surface area contributed by atoms with E-state index in [2.05, 4.69) is 15.5 Å². The van der Waals surface area contributed by atoms with Crippen LogP contribution in [0, 0.1) is 31.1 Å². The predicted octanol–water partition coefficient (Wildman–Crippen LogP) is 2.99. The third-order valence-corrected chi connectivity index (χ3v) is 6.36. The van der Waals surface area contributed by atoms with Crippen molar-refractivity contribution in [1.82, 2.24) is 9.47 Å². The summed E-state index contributed by atoms with van der Waals surface area (Å²) in [4.78, 5) is 15.4. The molecule has 2 saturated heterocycles. The Morgan fingerprint density at radius 3 is 2.63 bits per heavy atom. The lowest BCUT2D eigenvalue weighted by molar-refractivity contribution is 0.0904. The van der Waals surface area contributed by atoms with E-state index in [4.69, 9.17) is 5.26 Å². The SMILES string of the molecule is Cc1cc(C(=O)CN2C3CCC2[C@H](CO)C3)c(C)n1-c1ccc(C#N)cc1. The zero-order chi connectivity index (χ0) is 19.1. The molecule has 5 nitrogen and oxygen atoms in total. The van der Waals surface area contributed by atoms with Gasteiger partial charge < -0.3 is 9.67 Å². The molecule has 0 amide bonds. The Labute approximate surface area is 159 Å². The van der Waals surface area contributed by atoms with Crippen LogP contribution >= 0.6 is 0 Å². The summed E-state index contributed by atoms with van der Waals surface area (Å²) in [5.41, 5.74) is 4.31. The molecule has 2 aliphatic rings. The number of Topliss-reactive ketones (excluding diaryl/α,β-unsaturated/α-hetero) is 1. The highest BCUT2D eigenvalue weighted by Gasteiger charge is 2.46. The van der Waals surface area contributed by atoms with Crippen LogP contribution in [0.25, 0.3) is 5.69 Å². The van der Waals surface area contributed by atoms with Gasteiger partial charge in [0.2, 0.25) is 0 Å². The number of aryl methyl sites for hydroxylation is 1. The van der Waals surface area contributed by atoms with Crippen molar-refractivity contribution in [2.24, 2.45) is 5.92 Å². The Morgan fingerprint density at radius 2 is 2.00 bits per heavy atom. The Kier molecular flexibility index (Phi) is 4.63. The molecule has 0 radical (unpaired) electrons. The quantitative estimate of drug-likeness (QED) is 0.829.